The minimum absolute atomic E-state index is 0.294. The monoisotopic (exact) mass is 315 g/mol. The first-order chi connectivity index (χ1) is 10.1. The van der Waals surface area contributed by atoms with E-state index in [9.17, 15) is 8.42 Å². The van der Waals surface area contributed by atoms with Gasteiger partial charge in [0.2, 0.25) is 0 Å². The molecular weight excluding hydrogens is 290 g/mol. The van der Waals surface area contributed by atoms with E-state index in [1.54, 1.807) is 22.7 Å². The van der Waals surface area contributed by atoms with Crippen molar-refractivity contribution in [2.75, 3.05) is 33.2 Å². The topological polar surface area (TPSA) is 65.8 Å². The summed E-state index contributed by atoms with van der Waals surface area (Å²) in [6, 6.07) is 3.58. The van der Waals surface area contributed by atoms with Crippen LogP contribution in [0.2, 0.25) is 0 Å². The first-order valence-corrected chi connectivity index (χ1v) is 8.89. The molecule has 21 heavy (non-hydrogen) atoms. The van der Waals surface area contributed by atoms with Crippen LogP contribution in [0.3, 0.4) is 0 Å². The molecule has 120 valence electrons. The summed E-state index contributed by atoms with van der Waals surface area (Å²) >= 11 is 0. The van der Waals surface area contributed by atoms with Crippen LogP contribution in [0, 0.1) is 5.92 Å². The quantitative estimate of drug-likeness (QED) is 0.823. The number of furan rings is 1. The molecule has 0 aromatic carbocycles. The fourth-order valence-electron chi connectivity index (χ4n) is 2.73. The summed E-state index contributed by atoms with van der Waals surface area (Å²) in [6.45, 7) is 4.75. The summed E-state index contributed by atoms with van der Waals surface area (Å²) in [6.07, 6.45) is 3.40. The van der Waals surface area contributed by atoms with Crippen LogP contribution in [-0.4, -0.2) is 50.3 Å². The van der Waals surface area contributed by atoms with Crippen molar-refractivity contribution >= 4 is 10.2 Å². The van der Waals surface area contributed by atoms with Gasteiger partial charge >= 0.3 is 0 Å². The van der Waals surface area contributed by atoms with E-state index in [1.165, 1.54) is 4.31 Å². The Morgan fingerprint density at radius 2 is 2.14 bits per heavy atom. The number of piperidine rings is 1. The van der Waals surface area contributed by atoms with Crippen LogP contribution in [0.4, 0.5) is 0 Å². The molecule has 0 radical (unpaired) electrons. The largest absolute Gasteiger partial charge is 0.468 e. The lowest BCUT2D eigenvalue weighted by molar-refractivity contribution is 0.248. The molecule has 1 aliphatic rings. The highest BCUT2D eigenvalue weighted by Crippen LogP contribution is 2.22. The molecule has 7 heteroatoms. The second kappa shape index (κ2) is 7.40. The number of hydrogen-bond acceptors (Lipinski definition) is 4. The summed E-state index contributed by atoms with van der Waals surface area (Å²) in [5.41, 5.74) is 0. The Morgan fingerprint density at radius 1 is 1.43 bits per heavy atom. The van der Waals surface area contributed by atoms with E-state index < -0.39 is 10.2 Å². The van der Waals surface area contributed by atoms with Crippen molar-refractivity contribution in [3.63, 3.8) is 0 Å². The standard InChI is InChI=1S/C14H25N3O3S/c1-3-16(12-14-5-4-10-20-14)21(18,19)17-8-6-13(7-9-17)11-15-2/h4-5,10,13,15H,3,6-9,11-12H2,1-2H3. The lowest BCUT2D eigenvalue weighted by atomic mass is 9.98. The molecule has 0 aliphatic carbocycles. The van der Waals surface area contributed by atoms with Crippen molar-refractivity contribution in [3.8, 4) is 0 Å². The number of hydrogen-bond donors (Lipinski definition) is 1. The summed E-state index contributed by atoms with van der Waals surface area (Å²) in [5, 5.41) is 3.16. The zero-order chi connectivity index (χ0) is 15.3. The molecule has 2 rings (SSSR count). The van der Waals surface area contributed by atoms with E-state index in [0.29, 0.717) is 37.9 Å². The van der Waals surface area contributed by atoms with Gasteiger partial charge < -0.3 is 9.73 Å². The molecule has 1 aliphatic heterocycles. The van der Waals surface area contributed by atoms with Gasteiger partial charge in [0.25, 0.3) is 10.2 Å². The second-order valence-corrected chi connectivity index (χ2v) is 7.34. The zero-order valence-corrected chi connectivity index (χ0v) is 13.6. The highest BCUT2D eigenvalue weighted by atomic mass is 32.2. The Kier molecular flexibility index (Phi) is 5.80. The Balaban J connectivity index is 1.99. The van der Waals surface area contributed by atoms with E-state index in [4.69, 9.17) is 4.42 Å². The molecule has 2 heterocycles. The smallest absolute Gasteiger partial charge is 0.282 e. The molecule has 1 saturated heterocycles. The van der Waals surface area contributed by atoms with Crippen molar-refractivity contribution in [2.45, 2.75) is 26.3 Å². The molecule has 0 unspecified atom stereocenters. The second-order valence-electron chi connectivity index (χ2n) is 5.41. The third-order valence-corrected chi connectivity index (χ3v) is 6.04. The normalized spacial score (nSPS) is 18.4. The first kappa shape index (κ1) is 16.5. The summed E-state index contributed by atoms with van der Waals surface area (Å²) in [7, 11) is -1.47. The predicted molar refractivity (Wildman–Crippen MR) is 81.9 cm³/mol. The Labute approximate surface area is 127 Å². The molecule has 1 aromatic heterocycles. The fraction of sp³-hybridized carbons (Fsp3) is 0.714. The van der Waals surface area contributed by atoms with Gasteiger partial charge in [-0.05, 0) is 44.5 Å². The number of nitrogens with one attached hydrogen (secondary N) is 1. The summed E-state index contributed by atoms with van der Waals surface area (Å²) in [5.74, 6) is 1.24. The minimum Gasteiger partial charge on any atom is -0.468 e. The first-order valence-electron chi connectivity index (χ1n) is 7.50. The summed E-state index contributed by atoms with van der Waals surface area (Å²) in [4.78, 5) is 0. The Bertz CT molecular complexity index is 508. The predicted octanol–water partition coefficient (Wildman–Crippen LogP) is 1.28. The van der Waals surface area contributed by atoms with Crippen molar-refractivity contribution in [3.05, 3.63) is 24.2 Å². The SMILES string of the molecule is CCN(Cc1ccco1)S(=O)(=O)N1CCC(CNC)CC1. The molecule has 0 atom stereocenters. The third kappa shape index (κ3) is 4.06. The molecular formula is C14H25N3O3S. The Hall–Kier alpha value is -0.890. The molecule has 0 amide bonds. The zero-order valence-electron chi connectivity index (χ0n) is 12.8. The van der Waals surface area contributed by atoms with Gasteiger partial charge in [-0.3, -0.25) is 0 Å². The minimum atomic E-state index is -3.40. The van der Waals surface area contributed by atoms with Crippen molar-refractivity contribution in [1.82, 2.24) is 13.9 Å². The van der Waals surface area contributed by atoms with Crippen molar-refractivity contribution in [2.24, 2.45) is 5.92 Å². The average Bonchev–Trinajstić information content (AvgIpc) is 2.98. The molecule has 0 saturated carbocycles. The van der Waals surface area contributed by atoms with E-state index in [1.807, 2.05) is 14.0 Å². The van der Waals surface area contributed by atoms with Crippen LogP contribution in [0.5, 0.6) is 0 Å². The van der Waals surface area contributed by atoms with Crippen LogP contribution < -0.4 is 5.32 Å². The van der Waals surface area contributed by atoms with Crippen LogP contribution >= 0.6 is 0 Å². The maximum absolute atomic E-state index is 12.7. The van der Waals surface area contributed by atoms with Gasteiger partial charge in [-0.1, -0.05) is 6.92 Å². The average molecular weight is 315 g/mol. The highest BCUT2D eigenvalue weighted by Gasteiger charge is 2.32. The van der Waals surface area contributed by atoms with Gasteiger partial charge in [0.05, 0.1) is 12.8 Å². The van der Waals surface area contributed by atoms with Crippen molar-refractivity contribution in [1.29, 1.82) is 0 Å². The fourth-order valence-corrected chi connectivity index (χ4v) is 4.34. The molecule has 0 spiro atoms. The van der Waals surface area contributed by atoms with Crippen LogP contribution in [0.1, 0.15) is 25.5 Å². The van der Waals surface area contributed by atoms with Gasteiger partial charge in [0.1, 0.15) is 5.76 Å². The van der Waals surface area contributed by atoms with Gasteiger partial charge in [0.15, 0.2) is 0 Å². The Morgan fingerprint density at radius 3 is 2.67 bits per heavy atom. The highest BCUT2D eigenvalue weighted by molar-refractivity contribution is 7.86. The number of rotatable bonds is 7. The molecule has 1 N–H and O–H groups in total. The van der Waals surface area contributed by atoms with Crippen LogP contribution in [0.15, 0.2) is 22.8 Å². The molecule has 1 fully saturated rings. The maximum atomic E-state index is 12.7. The van der Waals surface area contributed by atoms with Crippen LogP contribution in [0.25, 0.3) is 0 Å². The molecule has 1 aromatic rings. The van der Waals surface area contributed by atoms with E-state index in [0.717, 1.165) is 19.4 Å². The van der Waals surface area contributed by atoms with Gasteiger partial charge in [0, 0.05) is 19.6 Å². The van der Waals surface area contributed by atoms with Gasteiger partial charge in [-0.15, -0.1) is 0 Å². The van der Waals surface area contributed by atoms with E-state index in [2.05, 4.69) is 5.32 Å². The van der Waals surface area contributed by atoms with Crippen LogP contribution in [-0.2, 0) is 16.8 Å². The van der Waals surface area contributed by atoms with Gasteiger partial charge in [-0.25, -0.2) is 0 Å². The van der Waals surface area contributed by atoms with E-state index >= 15 is 0 Å². The maximum Gasteiger partial charge on any atom is 0.282 e. The third-order valence-electron chi connectivity index (χ3n) is 3.98. The van der Waals surface area contributed by atoms with Gasteiger partial charge in [-0.2, -0.15) is 17.0 Å². The molecule has 6 nitrogen and oxygen atoms in total. The lowest BCUT2D eigenvalue weighted by Gasteiger charge is -2.34. The summed E-state index contributed by atoms with van der Waals surface area (Å²) < 4.78 is 33.7. The lowest BCUT2D eigenvalue weighted by Crippen LogP contribution is -2.47. The number of nitrogens with zero attached hydrogens (tertiary/aromatic N) is 2. The molecule has 0 bridgehead atoms. The van der Waals surface area contributed by atoms with Crippen molar-refractivity contribution < 1.29 is 12.8 Å². The van der Waals surface area contributed by atoms with E-state index in [-0.39, 0.29) is 0 Å².